The molecule has 22 heavy (non-hydrogen) atoms. The quantitative estimate of drug-likeness (QED) is 0.527. The average Bonchev–Trinajstić information content (AvgIpc) is 2.55. The van der Waals surface area contributed by atoms with Gasteiger partial charge in [-0.15, -0.1) is 11.8 Å². The summed E-state index contributed by atoms with van der Waals surface area (Å²) in [7, 11) is 0. The third-order valence-electron chi connectivity index (χ3n) is 3.23. The molecule has 0 unspecified atom stereocenters. The monoisotopic (exact) mass is 307 g/mol. The highest BCUT2D eigenvalue weighted by Crippen LogP contribution is 2.24. The fraction of sp³-hybridized carbons (Fsp3) is 0.167. The van der Waals surface area contributed by atoms with Gasteiger partial charge in [0.05, 0.1) is 0 Å². The molecule has 3 rings (SSSR count). The number of nitrogens with zero attached hydrogens (tertiary/aromatic N) is 3. The maximum Gasteiger partial charge on any atom is 0.179 e. The molecule has 3 aromatic rings. The molecule has 2 aromatic heterocycles. The van der Waals surface area contributed by atoms with E-state index in [-0.39, 0.29) is 0 Å². The van der Waals surface area contributed by atoms with Gasteiger partial charge in [0, 0.05) is 17.6 Å². The Morgan fingerprint density at radius 2 is 1.77 bits per heavy atom. The van der Waals surface area contributed by atoms with Gasteiger partial charge in [-0.05, 0) is 37.6 Å². The van der Waals surface area contributed by atoms with Crippen molar-refractivity contribution in [2.75, 3.05) is 0 Å². The Hall–Kier alpha value is -2.20. The fourth-order valence-corrected chi connectivity index (χ4v) is 2.98. The summed E-state index contributed by atoms with van der Waals surface area (Å²) in [6.07, 6.45) is 1.76. The number of benzene rings is 1. The SMILES string of the molecule is Cc1ccc(CSc2cc(C)nc(-c3ccccn3)n2)cc1. The molecule has 3 nitrogen and oxygen atoms in total. The first kappa shape index (κ1) is 14.7. The molecule has 0 saturated carbocycles. The van der Waals surface area contributed by atoms with Gasteiger partial charge >= 0.3 is 0 Å². The normalized spacial score (nSPS) is 10.6. The summed E-state index contributed by atoms with van der Waals surface area (Å²) < 4.78 is 0. The summed E-state index contributed by atoms with van der Waals surface area (Å²) in [5.41, 5.74) is 4.35. The van der Waals surface area contributed by atoms with Crippen LogP contribution in [0.5, 0.6) is 0 Å². The zero-order chi connectivity index (χ0) is 15.4. The number of pyridine rings is 1. The second-order valence-corrected chi connectivity index (χ2v) is 6.16. The topological polar surface area (TPSA) is 38.7 Å². The minimum absolute atomic E-state index is 0.687. The molecule has 0 amide bonds. The van der Waals surface area contributed by atoms with Gasteiger partial charge in [0.25, 0.3) is 0 Å². The molecule has 0 bridgehead atoms. The lowest BCUT2D eigenvalue weighted by molar-refractivity contribution is 1.00. The van der Waals surface area contributed by atoms with Crippen molar-refractivity contribution in [3.05, 3.63) is 71.5 Å². The smallest absolute Gasteiger partial charge is 0.179 e. The molecule has 0 aliphatic carbocycles. The Morgan fingerprint density at radius 3 is 2.50 bits per heavy atom. The van der Waals surface area contributed by atoms with E-state index in [2.05, 4.69) is 46.1 Å². The van der Waals surface area contributed by atoms with Crippen LogP contribution in [0.4, 0.5) is 0 Å². The second kappa shape index (κ2) is 6.71. The van der Waals surface area contributed by atoms with E-state index in [0.29, 0.717) is 5.82 Å². The van der Waals surface area contributed by atoms with Crippen LogP contribution in [0.25, 0.3) is 11.5 Å². The molecule has 0 N–H and O–H groups in total. The van der Waals surface area contributed by atoms with Crippen LogP contribution in [0.2, 0.25) is 0 Å². The molecule has 2 heterocycles. The molecular weight excluding hydrogens is 290 g/mol. The highest BCUT2D eigenvalue weighted by Gasteiger charge is 2.06. The fourth-order valence-electron chi connectivity index (χ4n) is 2.06. The molecule has 0 aliphatic heterocycles. The van der Waals surface area contributed by atoms with Crippen molar-refractivity contribution in [3.63, 3.8) is 0 Å². The van der Waals surface area contributed by atoms with Gasteiger partial charge in [0.15, 0.2) is 5.82 Å². The Bertz CT molecular complexity index is 755. The van der Waals surface area contributed by atoms with Crippen molar-refractivity contribution in [3.8, 4) is 11.5 Å². The Balaban J connectivity index is 1.79. The van der Waals surface area contributed by atoms with Crippen LogP contribution in [-0.4, -0.2) is 15.0 Å². The lowest BCUT2D eigenvalue weighted by Crippen LogP contribution is -1.95. The summed E-state index contributed by atoms with van der Waals surface area (Å²) in [5, 5.41) is 0.980. The zero-order valence-electron chi connectivity index (χ0n) is 12.7. The summed E-state index contributed by atoms with van der Waals surface area (Å²) >= 11 is 1.72. The minimum atomic E-state index is 0.687. The highest BCUT2D eigenvalue weighted by molar-refractivity contribution is 7.98. The van der Waals surface area contributed by atoms with E-state index in [1.165, 1.54) is 11.1 Å². The van der Waals surface area contributed by atoms with Crippen molar-refractivity contribution in [2.24, 2.45) is 0 Å². The second-order valence-electron chi connectivity index (χ2n) is 5.16. The predicted molar refractivity (Wildman–Crippen MR) is 90.7 cm³/mol. The first-order chi connectivity index (χ1) is 10.7. The van der Waals surface area contributed by atoms with Crippen molar-refractivity contribution < 1.29 is 0 Å². The van der Waals surface area contributed by atoms with Gasteiger partial charge in [-0.2, -0.15) is 0 Å². The van der Waals surface area contributed by atoms with Crippen LogP contribution < -0.4 is 0 Å². The van der Waals surface area contributed by atoms with Crippen molar-refractivity contribution in [1.29, 1.82) is 0 Å². The van der Waals surface area contributed by atoms with E-state index >= 15 is 0 Å². The highest BCUT2D eigenvalue weighted by atomic mass is 32.2. The van der Waals surface area contributed by atoms with Crippen molar-refractivity contribution in [2.45, 2.75) is 24.6 Å². The summed E-state index contributed by atoms with van der Waals surface area (Å²) in [6.45, 7) is 4.09. The molecular formula is C18H17N3S. The van der Waals surface area contributed by atoms with Gasteiger partial charge in [0.1, 0.15) is 10.7 Å². The molecule has 4 heteroatoms. The van der Waals surface area contributed by atoms with Gasteiger partial charge in [-0.25, -0.2) is 9.97 Å². The molecule has 0 radical (unpaired) electrons. The van der Waals surface area contributed by atoms with Crippen molar-refractivity contribution >= 4 is 11.8 Å². The van der Waals surface area contributed by atoms with E-state index in [0.717, 1.165) is 22.2 Å². The third-order valence-corrected chi connectivity index (χ3v) is 4.21. The standard InChI is InChI=1S/C18H17N3S/c1-13-6-8-15(9-7-13)12-22-17-11-14(2)20-18(21-17)16-5-3-4-10-19-16/h3-11H,12H2,1-2H3. The summed E-state index contributed by atoms with van der Waals surface area (Å²) in [4.78, 5) is 13.4. The van der Waals surface area contributed by atoms with Crippen LogP contribution >= 0.6 is 11.8 Å². The lowest BCUT2D eigenvalue weighted by Gasteiger charge is -2.06. The number of aromatic nitrogens is 3. The number of hydrogen-bond donors (Lipinski definition) is 0. The Labute approximate surface area is 134 Å². The Kier molecular flexibility index (Phi) is 4.49. The molecule has 1 aromatic carbocycles. The molecule has 0 atom stereocenters. The van der Waals surface area contributed by atoms with Gasteiger partial charge in [0.2, 0.25) is 0 Å². The van der Waals surface area contributed by atoms with Crippen LogP contribution in [0, 0.1) is 13.8 Å². The van der Waals surface area contributed by atoms with E-state index in [1.807, 2.05) is 31.2 Å². The van der Waals surface area contributed by atoms with Crippen LogP contribution in [0.1, 0.15) is 16.8 Å². The lowest BCUT2D eigenvalue weighted by atomic mass is 10.2. The molecule has 110 valence electrons. The largest absolute Gasteiger partial charge is 0.253 e. The number of hydrogen-bond acceptors (Lipinski definition) is 4. The molecule has 0 aliphatic rings. The Morgan fingerprint density at radius 1 is 0.955 bits per heavy atom. The maximum absolute atomic E-state index is 4.63. The third kappa shape index (κ3) is 3.71. The molecule has 0 saturated heterocycles. The summed E-state index contributed by atoms with van der Waals surface area (Å²) in [5.74, 6) is 1.59. The van der Waals surface area contributed by atoms with Gasteiger partial charge in [-0.3, -0.25) is 4.98 Å². The maximum atomic E-state index is 4.63. The van der Waals surface area contributed by atoms with E-state index in [4.69, 9.17) is 0 Å². The van der Waals surface area contributed by atoms with E-state index in [9.17, 15) is 0 Å². The molecule has 0 fully saturated rings. The number of aryl methyl sites for hydroxylation is 2. The summed E-state index contributed by atoms with van der Waals surface area (Å²) in [6, 6.07) is 16.4. The average molecular weight is 307 g/mol. The first-order valence-electron chi connectivity index (χ1n) is 7.16. The van der Waals surface area contributed by atoms with Crippen LogP contribution in [0.3, 0.4) is 0 Å². The first-order valence-corrected chi connectivity index (χ1v) is 8.15. The predicted octanol–water partition coefficient (Wildman–Crippen LogP) is 4.45. The van der Waals surface area contributed by atoms with Gasteiger partial charge in [-0.1, -0.05) is 35.9 Å². The number of rotatable bonds is 4. The number of thioether (sulfide) groups is 1. The van der Waals surface area contributed by atoms with E-state index in [1.54, 1.807) is 18.0 Å². The minimum Gasteiger partial charge on any atom is -0.253 e. The van der Waals surface area contributed by atoms with Crippen LogP contribution in [0.15, 0.2) is 59.8 Å². The zero-order valence-corrected chi connectivity index (χ0v) is 13.5. The van der Waals surface area contributed by atoms with Crippen LogP contribution in [-0.2, 0) is 5.75 Å². The molecule has 0 spiro atoms. The van der Waals surface area contributed by atoms with Gasteiger partial charge < -0.3 is 0 Å². The van der Waals surface area contributed by atoms with Crippen molar-refractivity contribution in [1.82, 2.24) is 15.0 Å². The van der Waals surface area contributed by atoms with E-state index < -0.39 is 0 Å².